The fourth-order valence-corrected chi connectivity index (χ4v) is 2.30. The molecular weight excluding hydrogens is 314 g/mol. The van der Waals surface area contributed by atoms with Crippen LogP contribution in [0.4, 0.5) is 0 Å². The predicted molar refractivity (Wildman–Crippen MR) is 101 cm³/mol. The van der Waals surface area contributed by atoms with Gasteiger partial charge in [0.05, 0.1) is 0 Å². The van der Waals surface area contributed by atoms with Gasteiger partial charge in [0.1, 0.15) is 12.4 Å². The molecule has 6 heteroatoms. The van der Waals surface area contributed by atoms with Crippen molar-refractivity contribution < 1.29 is 4.74 Å². The van der Waals surface area contributed by atoms with E-state index in [1.807, 2.05) is 41.2 Å². The Morgan fingerprint density at radius 2 is 2.08 bits per heavy atom. The van der Waals surface area contributed by atoms with Gasteiger partial charge in [-0.1, -0.05) is 18.1 Å². The molecule has 0 bridgehead atoms. The quantitative estimate of drug-likeness (QED) is 0.316. The second kappa shape index (κ2) is 10.8. The monoisotopic (exact) mass is 339 g/mol. The minimum atomic E-state index is 0.295. The first kappa shape index (κ1) is 18.4. The average Bonchev–Trinajstić information content (AvgIpc) is 3.16. The molecule has 0 saturated carbocycles. The van der Waals surface area contributed by atoms with Crippen molar-refractivity contribution in [3.8, 4) is 18.1 Å². The summed E-state index contributed by atoms with van der Waals surface area (Å²) in [6.07, 6.45) is 10.8. The SMILES string of the molecule is C#CCOc1ccc(CCNC(=NC)NCCCn2cccn2)cc1. The highest BCUT2D eigenvalue weighted by molar-refractivity contribution is 5.79. The summed E-state index contributed by atoms with van der Waals surface area (Å²) in [6, 6.07) is 9.91. The van der Waals surface area contributed by atoms with Gasteiger partial charge in [-0.15, -0.1) is 6.42 Å². The summed E-state index contributed by atoms with van der Waals surface area (Å²) in [4.78, 5) is 4.23. The molecular formula is C19H25N5O. The van der Waals surface area contributed by atoms with E-state index in [4.69, 9.17) is 11.2 Å². The van der Waals surface area contributed by atoms with Crippen LogP contribution in [0.2, 0.25) is 0 Å². The molecule has 1 aromatic heterocycles. The summed E-state index contributed by atoms with van der Waals surface area (Å²) in [5.74, 6) is 4.07. The summed E-state index contributed by atoms with van der Waals surface area (Å²) >= 11 is 0. The van der Waals surface area contributed by atoms with Crippen LogP contribution in [0, 0.1) is 12.3 Å². The Kier molecular flexibility index (Phi) is 7.92. The molecule has 0 aliphatic rings. The minimum Gasteiger partial charge on any atom is -0.481 e. The number of nitrogens with zero attached hydrogens (tertiary/aromatic N) is 3. The van der Waals surface area contributed by atoms with Crippen molar-refractivity contribution in [2.45, 2.75) is 19.4 Å². The molecule has 25 heavy (non-hydrogen) atoms. The lowest BCUT2D eigenvalue weighted by molar-refractivity contribution is 0.370. The summed E-state index contributed by atoms with van der Waals surface area (Å²) in [6.45, 7) is 2.85. The number of benzene rings is 1. The van der Waals surface area contributed by atoms with Crippen LogP contribution in [-0.4, -0.2) is 42.5 Å². The number of aromatic nitrogens is 2. The van der Waals surface area contributed by atoms with Gasteiger partial charge in [-0.25, -0.2) is 0 Å². The summed E-state index contributed by atoms with van der Waals surface area (Å²) in [5, 5.41) is 10.8. The van der Waals surface area contributed by atoms with Crippen LogP contribution >= 0.6 is 0 Å². The number of ether oxygens (including phenoxy) is 1. The standard InChI is InChI=1S/C19H25N5O/c1-3-16-25-18-8-6-17(7-9-18)10-13-22-19(20-2)21-11-4-14-24-15-5-12-23-24/h1,5-9,12,15H,4,10-11,13-14,16H2,2H3,(H2,20,21,22). The maximum atomic E-state index is 5.36. The zero-order chi connectivity index (χ0) is 17.7. The van der Waals surface area contributed by atoms with Crippen LogP contribution in [0.15, 0.2) is 47.7 Å². The largest absolute Gasteiger partial charge is 0.481 e. The second-order valence-electron chi connectivity index (χ2n) is 5.44. The van der Waals surface area contributed by atoms with Crippen molar-refractivity contribution in [1.82, 2.24) is 20.4 Å². The van der Waals surface area contributed by atoms with Crippen molar-refractivity contribution >= 4 is 5.96 Å². The van der Waals surface area contributed by atoms with Gasteiger partial charge < -0.3 is 15.4 Å². The lowest BCUT2D eigenvalue weighted by atomic mass is 10.1. The molecule has 0 aliphatic heterocycles. The number of aliphatic imine (C=N–C) groups is 1. The minimum absolute atomic E-state index is 0.295. The fraction of sp³-hybridized carbons (Fsp3) is 0.368. The summed E-state index contributed by atoms with van der Waals surface area (Å²) in [7, 11) is 1.78. The normalized spacial score (nSPS) is 11.0. The fourth-order valence-electron chi connectivity index (χ4n) is 2.30. The number of nitrogens with one attached hydrogen (secondary N) is 2. The Morgan fingerprint density at radius 3 is 2.76 bits per heavy atom. The number of guanidine groups is 1. The lowest BCUT2D eigenvalue weighted by Crippen LogP contribution is -2.39. The Morgan fingerprint density at radius 1 is 1.28 bits per heavy atom. The van der Waals surface area contributed by atoms with E-state index in [-0.39, 0.29) is 0 Å². The molecule has 2 rings (SSSR count). The molecule has 0 amide bonds. The van der Waals surface area contributed by atoms with E-state index in [9.17, 15) is 0 Å². The van der Waals surface area contributed by atoms with Crippen LogP contribution in [0.25, 0.3) is 0 Å². The lowest BCUT2D eigenvalue weighted by Gasteiger charge is -2.12. The first-order chi connectivity index (χ1) is 12.3. The summed E-state index contributed by atoms with van der Waals surface area (Å²) in [5.41, 5.74) is 1.23. The molecule has 2 aromatic rings. The predicted octanol–water partition coefficient (Wildman–Crippen LogP) is 1.69. The molecule has 0 aliphatic carbocycles. The molecule has 132 valence electrons. The van der Waals surface area contributed by atoms with Crippen molar-refractivity contribution in [3.05, 3.63) is 48.3 Å². The van der Waals surface area contributed by atoms with E-state index in [1.165, 1.54) is 5.56 Å². The van der Waals surface area contributed by atoms with Gasteiger partial charge in [-0.3, -0.25) is 9.67 Å². The molecule has 6 nitrogen and oxygen atoms in total. The number of rotatable bonds is 9. The van der Waals surface area contributed by atoms with Gasteiger partial charge in [0, 0.05) is 39.1 Å². The molecule has 0 atom stereocenters. The number of aryl methyl sites for hydroxylation is 1. The van der Waals surface area contributed by atoms with Crippen LogP contribution in [0.3, 0.4) is 0 Å². The average molecular weight is 339 g/mol. The van der Waals surface area contributed by atoms with Gasteiger partial charge in [0.15, 0.2) is 5.96 Å². The van der Waals surface area contributed by atoms with Crippen molar-refractivity contribution in [1.29, 1.82) is 0 Å². The molecule has 0 saturated heterocycles. The van der Waals surface area contributed by atoms with E-state index in [0.29, 0.717) is 6.61 Å². The zero-order valence-corrected chi connectivity index (χ0v) is 14.6. The molecule has 0 spiro atoms. The van der Waals surface area contributed by atoms with Crippen LogP contribution in [0.1, 0.15) is 12.0 Å². The first-order valence-electron chi connectivity index (χ1n) is 8.39. The smallest absolute Gasteiger partial charge is 0.190 e. The van der Waals surface area contributed by atoms with E-state index in [1.54, 1.807) is 13.2 Å². The second-order valence-corrected chi connectivity index (χ2v) is 5.44. The maximum Gasteiger partial charge on any atom is 0.190 e. The highest BCUT2D eigenvalue weighted by Crippen LogP contribution is 2.12. The van der Waals surface area contributed by atoms with Crippen molar-refractivity contribution in [2.75, 3.05) is 26.7 Å². The third kappa shape index (κ3) is 7.00. The Balaban J connectivity index is 1.62. The molecule has 0 fully saturated rings. The van der Waals surface area contributed by atoms with Gasteiger partial charge in [-0.05, 0) is 36.6 Å². The van der Waals surface area contributed by atoms with E-state index in [0.717, 1.165) is 44.2 Å². The summed E-state index contributed by atoms with van der Waals surface area (Å²) < 4.78 is 7.29. The highest BCUT2D eigenvalue weighted by Gasteiger charge is 1.99. The Bertz CT molecular complexity index is 671. The van der Waals surface area contributed by atoms with Crippen molar-refractivity contribution in [2.24, 2.45) is 4.99 Å². The zero-order valence-electron chi connectivity index (χ0n) is 14.6. The molecule has 1 heterocycles. The molecule has 0 unspecified atom stereocenters. The van der Waals surface area contributed by atoms with Crippen LogP contribution in [-0.2, 0) is 13.0 Å². The Hall–Kier alpha value is -2.94. The number of hydrogen-bond donors (Lipinski definition) is 2. The van der Waals surface area contributed by atoms with E-state index < -0.39 is 0 Å². The van der Waals surface area contributed by atoms with Crippen LogP contribution in [0.5, 0.6) is 5.75 Å². The molecule has 1 aromatic carbocycles. The van der Waals surface area contributed by atoms with E-state index in [2.05, 4.69) is 26.6 Å². The third-order valence-electron chi connectivity index (χ3n) is 3.59. The third-order valence-corrected chi connectivity index (χ3v) is 3.59. The molecule has 2 N–H and O–H groups in total. The van der Waals surface area contributed by atoms with E-state index >= 15 is 0 Å². The Labute approximate surface area is 149 Å². The van der Waals surface area contributed by atoms with Gasteiger partial charge in [0.25, 0.3) is 0 Å². The van der Waals surface area contributed by atoms with Gasteiger partial charge >= 0.3 is 0 Å². The van der Waals surface area contributed by atoms with Crippen LogP contribution < -0.4 is 15.4 Å². The number of terminal acetylenes is 1. The maximum absolute atomic E-state index is 5.36. The molecule has 0 radical (unpaired) electrons. The highest BCUT2D eigenvalue weighted by atomic mass is 16.5. The van der Waals surface area contributed by atoms with Gasteiger partial charge in [-0.2, -0.15) is 5.10 Å². The first-order valence-corrected chi connectivity index (χ1v) is 8.39. The number of hydrogen-bond acceptors (Lipinski definition) is 3. The van der Waals surface area contributed by atoms with Crippen molar-refractivity contribution in [3.63, 3.8) is 0 Å². The topological polar surface area (TPSA) is 63.5 Å². The van der Waals surface area contributed by atoms with Gasteiger partial charge in [0.2, 0.25) is 0 Å².